The van der Waals surface area contributed by atoms with Gasteiger partial charge in [-0.2, -0.15) is 4.31 Å². The van der Waals surface area contributed by atoms with Crippen molar-refractivity contribution in [3.63, 3.8) is 0 Å². The molecule has 180 valence electrons. The molecule has 10 heteroatoms. The first kappa shape index (κ1) is 22.9. The number of ketones is 2. The quantitative estimate of drug-likeness (QED) is 0.490. The minimum Gasteiger partial charge on any atom is -0.492 e. The summed E-state index contributed by atoms with van der Waals surface area (Å²) in [6.45, 7) is 3.59. The van der Waals surface area contributed by atoms with Crippen LogP contribution in [0.3, 0.4) is 0 Å². The number of rotatable bonds is 6. The van der Waals surface area contributed by atoms with Gasteiger partial charge in [0.1, 0.15) is 29.6 Å². The molecule has 1 aliphatic carbocycles. The van der Waals surface area contributed by atoms with Gasteiger partial charge in [0.05, 0.1) is 24.0 Å². The number of aromatic nitrogens is 1. The zero-order chi connectivity index (χ0) is 23.9. The molecule has 5 rings (SSSR count). The molecule has 3 aromatic rings. The molecule has 2 aliphatic rings. The summed E-state index contributed by atoms with van der Waals surface area (Å²) in [5.74, 6) is 0.210. The molecule has 1 atom stereocenters. The molecule has 0 bridgehead atoms. The highest BCUT2D eigenvalue weighted by atomic mass is 32.2. The highest BCUT2D eigenvalue weighted by Crippen LogP contribution is 2.37. The summed E-state index contributed by atoms with van der Waals surface area (Å²) >= 11 is 0. The van der Waals surface area contributed by atoms with Crippen molar-refractivity contribution in [2.45, 2.75) is 25.2 Å². The topological polar surface area (TPSA) is 110 Å². The molecule has 2 aromatic carbocycles. The Balaban J connectivity index is 1.28. The van der Waals surface area contributed by atoms with Crippen molar-refractivity contribution in [2.75, 3.05) is 45.6 Å². The SMILES string of the molecule is CS(=O)(=O)N1CCN(CCOc2ccc3c(ccc4onc([C@H]5CCC(=O)CC5=O)c43)c2)CC1. The zero-order valence-electron chi connectivity index (χ0n) is 19.0. The van der Waals surface area contributed by atoms with Gasteiger partial charge < -0.3 is 9.26 Å². The molecule has 0 unspecified atom stereocenters. The first-order chi connectivity index (χ1) is 16.3. The molecule has 1 saturated heterocycles. The van der Waals surface area contributed by atoms with Gasteiger partial charge in [0, 0.05) is 39.1 Å². The Morgan fingerprint density at radius 1 is 1.12 bits per heavy atom. The smallest absolute Gasteiger partial charge is 0.211 e. The van der Waals surface area contributed by atoms with E-state index >= 15 is 0 Å². The number of ether oxygens (including phenoxy) is 1. The van der Waals surface area contributed by atoms with E-state index in [4.69, 9.17) is 9.26 Å². The van der Waals surface area contributed by atoms with E-state index in [-0.39, 0.29) is 18.0 Å². The third-order valence-electron chi connectivity index (χ3n) is 6.73. The molecule has 2 fully saturated rings. The van der Waals surface area contributed by atoms with Gasteiger partial charge in [-0.3, -0.25) is 14.5 Å². The van der Waals surface area contributed by atoms with Crippen LogP contribution in [0.4, 0.5) is 0 Å². The van der Waals surface area contributed by atoms with Gasteiger partial charge in [0.25, 0.3) is 0 Å². The van der Waals surface area contributed by atoms with E-state index in [2.05, 4.69) is 10.1 Å². The van der Waals surface area contributed by atoms with Gasteiger partial charge in [-0.25, -0.2) is 8.42 Å². The van der Waals surface area contributed by atoms with Crippen LogP contribution in [0.5, 0.6) is 5.75 Å². The van der Waals surface area contributed by atoms with Crippen molar-refractivity contribution in [2.24, 2.45) is 0 Å². The second-order valence-electron chi connectivity index (χ2n) is 9.01. The standard InChI is InChI=1S/C24H27N3O6S/c1-34(30,31)27-10-8-26(9-11-27)12-13-32-18-4-6-19-16(14-18)2-7-22-23(19)24(25-33-22)20-5-3-17(28)15-21(20)29/h2,4,6-7,14,20H,3,5,8-13,15H2,1H3/t20-/m0/s1. The lowest BCUT2D eigenvalue weighted by molar-refractivity contribution is -0.130. The van der Waals surface area contributed by atoms with E-state index in [1.807, 2.05) is 30.3 Å². The molecule has 0 N–H and O–H groups in total. The van der Waals surface area contributed by atoms with Gasteiger partial charge >= 0.3 is 0 Å². The summed E-state index contributed by atoms with van der Waals surface area (Å²) in [5, 5.41) is 6.91. The number of carbonyl (C=O) groups excluding carboxylic acids is 2. The molecule has 9 nitrogen and oxygen atoms in total. The number of Topliss-reactive ketones (excluding diaryl/α,β-unsaturated/α-hetero) is 2. The fourth-order valence-corrected chi connectivity index (χ4v) is 5.67. The molecule has 1 aromatic heterocycles. The lowest BCUT2D eigenvalue weighted by Crippen LogP contribution is -2.49. The number of hydrogen-bond donors (Lipinski definition) is 0. The summed E-state index contributed by atoms with van der Waals surface area (Å²) in [4.78, 5) is 26.3. The van der Waals surface area contributed by atoms with Crippen LogP contribution in [0.15, 0.2) is 34.9 Å². The number of carbonyl (C=O) groups is 2. The number of nitrogens with zero attached hydrogens (tertiary/aromatic N) is 3. The molecule has 0 radical (unpaired) electrons. The van der Waals surface area contributed by atoms with Crippen molar-refractivity contribution in [1.82, 2.24) is 14.4 Å². The zero-order valence-corrected chi connectivity index (χ0v) is 19.8. The normalized spacial score (nSPS) is 20.9. The number of fused-ring (bicyclic) bond motifs is 3. The Bertz CT molecular complexity index is 1360. The lowest BCUT2D eigenvalue weighted by Gasteiger charge is -2.33. The average Bonchev–Trinajstić information content (AvgIpc) is 3.23. The second kappa shape index (κ2) is 9.09. The van der Waals surface area contributed by atoms with E-state index in [0.717, 1.165) is 21.9 Å². The fraction of sp³-hybridized carbons (Fsp3) is 0.458. The molecular weight excluding hydrogens is 458 g/mol. The Kier molecular flexibility index (Phi) is 6.13. The highest BCUT2D eigenvalue weighted by molar-refractivity contribution is 7.88. The second-order valence-corrected chi connectivity index (χ2v) is 11.0. The van der Waals surface area contributed by atoms with Gasteiger partial charge in [0.15, 0.2) is 5.58 Å². The first-order valence-electron chi connectivity index (χ1n) is 11.5. The highest BCUT2D eigenvalue weighted by Gasteiger charge is 2.32. The maximum Gasteiger partial charge on any atom is 0.211 e. The van der Waals surface area contributed by atoms with E-state index in [1.165, 1.54) is 10.6 Å². The van der Waals surface area contributed by atoms with E-state index in [1.54, 1.807) is 0 Å². The summed E-state index contributed by atoms with van der Waals surface area (Å²) in [6.07, 6.45) is 2.06. The Labute approximate surface area is 197 Å². The third-order valence-corrected chi connectivity index (χ3v) is 8.03. The number of piperazine rings is 1. The predicted octanol–water partition coefficient (Wildman–Crippen LogP) is 2.34. The number of benzene rings is 2. The van der Waals surface area contributed by atoms with Gasteiger partial charge in [-0.15, -0.1) is 0 Å². The number of hydrogen-bond acceptors (Lipinski definition) is 8. The van der Waals surface area contributed by atoms with Crippen LogP contribution in [-0.2, 0) is 19.6 Å². The van der Waals surface area contributed by atoms with Crippen LogP contribution in [0.2, 0.25) is 0 Å². The summed E-state index contributed by atoms with van der Waals surface area (Å²) in [6, 6.07) is 9.59. The molecular formula is C24H27N3O6S. The largest absolute Gasteiger partial charge is 0.492 e. The minimum absolute atomic E-state index is 0.0158. The van der Waals surface area contributed by atoms with E-state index in [9.17, 15) is 18.0 Å². The summed E-state index contributed by atoms with van der Waals surface area (Å²) in [5.41, 5.74) is 1.23. The van der Waals surface area contributed by atoms with Crippen LogP contribution in [0.1, 0.15) is 30.9 Å². The van der Waals surface area contributed by atoms with Crippen molar-refractivity contribution in [1.29, 1.82) is 0 Å². The van der Waals surface area contributed by atoms with Crippen molar-refractivity contribution >= 4 is 43.3 Å². The monoisotopic (exact) mass is 485 g/mol. The molecule has 2 heterocycles. The van der Waals surface area contributed by atoms with Gasteiger partial charge in [-0.05, 0) is 41.5 Å². The Morgan fingerprint density at radius 3 is 2.65 bits per heavy atom. The van der Waals surface area contributed by atoms with Crippen molar-refractivity contribution in [3.05, 3.63) is 36.0 Å². The molecule has 0 amide bonds. The number of sulfonamides is 1. The maximum absolute atomic E-state index is 12.5. The Hall–Kier alpha value is -2.82. The predicted molar refractivity (Wildman–Crippen MR) is 126 cm³/mol. The maximum atomic E-state index is 12.5. The van der Waals surface area contributed by atoms with Crippen LogP contribution >= 0.6 is 0 Å². The average molecular weight is 486 g/mol. The molecule has 1 aliphatic heterocycles. The van der Waals surface area contributed by atoms with E-state index < -0.39 is 15.9 Å². The minimum atomic E-state index is -3.13. The lowest BCUT2D eigenvalue weighted by atomic mass is 9.83. The van der Waals surface area contributed by atoms with Crippen LogP contribution in [0.25, 0.3) is 21.7 Å². The van der Waals surface area contributed by atoms with Gasteiger partial charge in [0.2, 0.25) is 10.0 Å². The summed E-state index contributed by atoms with van der Waals surface area (Å²) in [7, 11) is -3.13. The Morgan fingerprint density at radius 2 is 1.91 bits per heavy atom. The summed E-state index contributed by atoms with van der Waals surface area (Å²) < 4.78 is 36.3. The van der Waals surface area contributed by atoms with Crippen LogP contribution in [0, 0.1) is 0 Å². The molecule has 1 saturated carbocycles. The van der Waals surface area contributed by atoms with Crippen LogP contribution in [-0.4, -0.2) is 79.9 Å². The molecule has 34 heavy (non-hydrogen) atoms. The van der Waals surface area contributed by atoms with Crippen molar-refractivity contribution < 1.29 is 27.3 Å². The van der Waals surface area contributed by atoms with Crippen molar-refractivity contribution in [3.8, 4) is 5.75 Å². The first-order valence-corrected chi connectivity index (χ1v) is 13.3. The fourth-order valence-electron chi connectivity index (χ4n) is 4.84. The molecule has 0 spiro atoms. The van der Waals surface area contributed by atoms with Gasteiger partial charge in [-0.1, -0.05) is 11.2 Å². The third kappa shape index (κ3) is 4.57. The van der Waals surface area contributed by atoms with E-state index in [0.29, 0.717) is 63.4 Å². The van der Waals surface area contributed by atoms with Crippen LogP contribution < -0.4 is 4.74 Å².